The molecule has 0 radical (unpaired) electrons. The number of fused-ring (bicyclic) bond motifs is 1. The molecule has 2 aromatic heterocycles. The highest BCUT2D eigenvalue weighted by Gasteiger charge is 2.34. The monoisotopic (exact) mass is 414 g/mol. The van der Waals surface area contributed by atoms with Crippen molar-refractivity contribution in [2.45, 2.75) is 19.4 Å². The number of nitrogens with zero attached hydrogens (tertiary/aromatic N) is 2. The first-order chi connectivity index (χ1) is 14.2. The topological polar surface area (TPSA) is 91.9 Å². The standard InChI is InChI=1S/C21H26N4O3S/c1-22-20(24-13-21(8-10-26)9-11-27-14-21)23-12-15-6-7-17(28-15)19-25-16-4-2-3-5-18(16)29-19/h2-7,26H,8-14H2,1H3,(H2,22,23,24). The van der Waals surface area contributed by atoms with Gasteiger partial charge in [-0.2, -0.15) is 0 Å². The number of aliphatic imine (C=N–C) groups is 1. The summed E-state index contributed by atoms with van der Waals surface area (Å²) in [5, 5.41) is 16.9. The predicted octanol–water partition coefficient (Wildman–Crippen LogP) is 3.01. The Morgan fingerprint density at radius 1 is 1.28 bits per heavy atom. The van der Waals surface area contributed by atoms with Gasteiger partial charge in [0.25, 0.3) is 0 Å². The Morgan fingerprint density at radius 2 is 2.17 bits per heavy atom. The fraction of sp³-hybridized carbons (Fsp3) is 0.429. The first-order valence-corrected chi connectivity index (χ1v) is 10.6. The van der Waals surface area contributed by atoms with E-state index in [1.165, 1.54) is 0 Å². The van der Waals surface area contributed by atoms with E-state index in [4.69, 9.17) is 9.15 Å². The van der Waals surface area contributed by atoms with Crippen molar-refractivity contribution in [3.8, 4) is 10.8 Å². The molecule has 0 bridgehead atoms. The van der Waals surface area contributed by atoms with Crippen LogP contribution in [-0.4, -0.2) is 49.5 Å². The Balaban J connectivity index is 1.34. The normalized spacial score (nSPS) is 19.7. The zero-order valence-corrected chi connectivity index (χ0v) is 17.3. The summed E-state index contributed by atoms with van der Waals surface area (Å²) >= 11 is 1.63. The average molecular weight is 415 g/mol. The van der Waals surface area contributed by atoms with Crippen LogP contribution in [0.4, 0.5) is 0 Å². The van der Waals surface area contributed by atoms with Crippen LogP contribution in [0.15, 0.2) is 45.8 Å². The summed E-state index contributed by atoms with van der Waals surface area (Å²) in [5.41, 5.74) is 0.956. The SMILES string of the molecule is CN=C(NCc1ccc(-c2nc3ccccc3s2)o1)NCC1(CCO)CCOC1. The molecule has 3 aromatic rings. The second kappa shape index (κ2) is 8.94. The number of rotatable bonds is 7. The van der Waals surface area contributed by atoms with Gasteiger partial charge in [0.05, 0.1) is 23.4 Å². The number of aliphatic hydroxyl groups excluding tert-OH is 1. The van der Waals surface area contributed by atoms with E-state index in [0.717, 1.165) is 46.2 Å². The molecule has 1 fully saturated rings. The fourth-order valence-electron chi connectivity index (χ4n) is 3.54. The Bertz CT molecular complexity index is 942. The van der Waals surface area contributed by atoms with Crippen molar-refractivity contribution in [1.82, 2.24) is 15.6 Å². The summed E-state index contributed by atoms with van der Waals surface area (Å²) in [7, 11) is 1.74. The van der Waals surface area contributed by atoms with E-state index < -0.39 is 0 Å². The molecule has 3 heterocycles. The van der Waals surface area contributed by atoms with Gasteiger partial charge in [-0.05, 0) is 37.1 Å². The summed E-state index contributed by atoms with van der Waals surface area (Å²) in [6, 6.07) is 12.0. The number of benzene rings is 1. The van der Waals surface area contributed by atoms with E-state index in [1.54, 1.807) is 18.4 Å². The van der Waals surface area contributed by atoms with Crippen LogP contribution < -0.4 is 10.6 Å². The third-order valence-electron chi connectivity index (χ3n) is 5.28. The zero-order valence-electron chi connectivity index (χ0n) is 16.5. The summed E-state index contributed by atoms with van der Waals surface area (Å²) in [6.07, 6.45) is 1.67. The van der Waals surface area contributed by atoms with E-state index in [-0.39, 0.29) is 12.0 Å². The number of hydrogen-bond donors (Lipinski definition) is 3. The van der Waals surface area contributed by atoms with Gasteiger partial charge < -0.3 is 24.9 Å². The number of thiazole rings is 1. The average Bonchev–Trinajstić information content (AvgIpc) is 3.48. The van der Waals surface area contributed by atoms with Crippen LogP contribution in [0.5, 0.6) is 0 Å². The van der Waals surface area contributed by atoms with Crippen LogP contribution in [0.1, 0.15) is 18.6 Å². The van der Waals surface area contributed by atoms with E-state index in [1.807, 2.05) is 30.3 Å². The highest BCUT2D eigenvalue weighted by Crippen LogP contribution is 2.32. The van der Waals surface area contributed by atoms with Crippen LogP contribution in [0.25, 0.3) is 21.0 Å². The molecule has 29 heavy (non-hydrogen) atoms. The molecule has 1 aromatic carbocycles. The van der Waals surface area contributed by atoms with Crippen molar-refractivity contribution < 1.29 is 14.3 Å². The van der Waals surface area contributed by atoms with Crippen molar-refractivity contribution in [3.05, 3.63) is 42.2 Å². The quantitative estimate of drug-likeness (QED) is 0.407. The Labute approximate surface area is 173 Å². The van der Waals surface area contributed by atoms with Crippen molar-refractivity contribution >= 4 is 27.5 Å². The molecule has 1 aliphatic heterocycles. The lowest BCUT2D eigenvalue weighted by Crippen LogP contribution is -2.44. The Morgan fingerprint density at radius 3 is 2.93 bits per heavy atom. The maximum atomic E-state index is 9.36. The number of furan rings is 1. The van der Waals surface area contributed by atoms with Gasteiger partial charge in [0, 0.05) is 32.2 Å². The van der Waals surface area contributed by atoms with Crippen molar-refractivity contribution in [3.63, 3.8) is 0 Å². The van der Waals surface area contributed by atoms with Crippen LogP contribution in [0, 0.1) is 5.41 Å². The number of guanidine groups is 1. The number of aliphatic hydroxyl groups is 1. The third kappa shape index (κ3) is 4.60. The smallest absolute Gasteiger partial charge is 0.191 e. The number of nitrogens with one attached hydrogen (secondary N) is 2. The summed E-state index contributed by atoms with van der Waals surface area (Å²) in [4.78, 5) is 8.93. The van der Waals surface area contributed by atoms with Gasteiger partial charge in [0.2, 0.25) is 0 Å². The van der Waals surface area contributed by atoms with Crippen molar-refractivity contribution in [2.24, 2.45) is 10.4 Å². The number of aromatic nitrogens is 1. The van der Waals surface area contributed by atoms with Crippen LogP contribution >= 0.6 is 11.3 Å². The molecule has 1 aliphatic rings. The van der Waals surface area contributed by atoms with Crippen molar-refractivity contribution in [2.75, 3.05) is 33.4 Å². The van der Waals surface area contributed by atoms with E-state index in [2.05, 4.69) is 26.7 Å². The number of hydrogen-bond acceptors (Lipinski definition) is 6. The maximum absolute atomic E-state index is 9.36. The molecule has 0 aliphatic carbocycles. The molecular formula is C21H26N4O3S. The molecule has 7 nitrogen and oxygen atoms in total. The third-order valence-corrected chi connectivity index (χ3v) is 6.33. The lowest BCUT2D eigenvalue weighted by atomic mass is 9.84. The largest absolute Gasteiger partial charge is 0.457 e. The lowest BCUT2D eigenvalue weighted by molar-refractivity contribution is 0.127. The van der Waals surface area contributed by atoms with Gasteiger partial charge in [-0.1, -0.05) is 12.1 Å². The molecule has 1 unspecified atom stereocenters. The van der Waals surface area contributed by atoms with E-state index >= 15 is 0 Å². The van der Waals surface area contributed by atoms with Crippen molar-refractivity contribution in [1.29, 1.82) is 0 Å². The number of para-hydroxylation sites is 1. The summed E-state index contributed by atoms with van der Waals surface area (Å²) in [5.74, 6) is 2.29. The van der Waals surface area contributed by atoms with Gasteiger partial charge in [0.15, 0.2) is 16.7 Å². The predicted molar refractivity (Wildman–Crippen MR) is 115 cm³/mol. The fourth-order valence-corrected chi connectivity index (χ4v) is 4.47. The minimum absolute atomic E-state index is 0.0307. The van der Waals surface area contributed by atoms with Gasteiger partial charge in [-0.15, -0.1) is 11.3 Å². The summed E-state index contributed by atoms with van der Waals surface area (Å²) < 4.78 is 12.7. The van der Waals surface area contributed by atoms with Crippen LogP contribution in [-0.2, 0) is 11.3 Å². The van der Waals surface area contributed by atoms with Gasteiger partial charge in [-0.25, -0.2) is 4.98 Å². The first-order valence-electron chi connectivity index (χ1n) is 9.79. The Kier molecular flexibility index (Phi) is 6.13. The van der Waals surface area contributed by atoms with Gasteiger partial charge >= 0.3 is 0 Å². The minimum atomic E-state index is -0.0307. The molecule has 0 saturated carbocycles. The van der Waals surface area contributed by atoms with Gasteiger partial charge in [0.1, 0.15) is 5.76 Å². The second-order valence-corrected chi connectivity index (χ2v) is 8.34. The molecule has 1 atom stereocenters. The highest BCUT2D eigenvalue weighted by molar-refractivity contribution is 7.21. The van der Waals surface area contributed by atoms with Crippen LogP contribution in [0.2, 0.25) is 0 Å². The molecule has 1 saturated heterocycles. The Hall–Kier alpha value is -2.42. The zero-order chi connectivity index (χ0) is 20.1. The summed E-state index contributed by atoms with van der Waals surface area (Å²) in [6.45, 7) is 2.81. The molecule has 4 rings (SSSR count). The number of ether oxygens (including phenoxy) is 1. The molecule has 154 valence electrons. The second-order valence-electron chi connectivity index (χ2n) is 7.31. The van der Waals surface area contributed by atoms with E-state index in [0.29, 0.717) is 25.7 Å². The van der Waals surface area contributed by atoms with Gasteiger partial charge in [-0.3, -0.25) is 4.99 Å². The molecular weight excluding hydrogens is 388 g/mol. The molecule has 3 N–H and O–H groups in total. The maximum Gasteiger partial charge on any atom is 0.191 e. The lowest BCUT2D eigenvalue weighted by Gasteiger charge is -2.27. The van der Waals surface area contributed by atoms with E-state index in [9.17, 15) is 5.11 Å². The minimum Gasteiger partial charge on any atom is -0.457 e. The molecule has 8 heteroatoms. The molecule has 0 spiro atoms. The van der Waals surface area contributed by atoms with Crippen LogP contribution in [0.3, 0.4) is 0 Å². The first kappa shape index (κ1) is 19.9. The molecule has 0 amide bonds. The highest BCUT2D eigenvalue weighted by atomic mass is 32.1.